The molecule has 2 heterocycles. The molecule has 116 valence electrons. The van der Waals surface area contributed by atoms with Crippen molar-refractivity contribution in [1.29, 1.82) is 0 Å². The fourth-order valence-corrected chi connectivity index (χ4v) is 2.21. The van der Waals surface area contributed by atoms with Crippen LogP contribution in [-0.2, 0) is 11.3 Å². The minimum absolute atomic E-state index is 0.0899. The van der Waals surface area contributed by atoms with Crippen LogP contribution in [0.25, 0.3) is 0 Å². The quantitative estimate of drug-likeness (QED) is 0.919. The van der Waals surface area contributed by atoms with Gasteiger partial charge >= 0.3 is 0 Å². The van der Waals surface area contributed by atoms with Gasteiger partial charge in [-0.3, -0.25) is 9.69 Å². The van der Waals surface area contributed by atoms with Gasteiger partial charge in [0.2, 0.25) is 12.7 Å². The van der Waals surface area contributed by atoms with Gasteiger partial charge in [-0.2, -0.15) is 0 Å². The summed E-state index contributed by atoms with van der Waals surface area (Å²) in [5.41, 5.74) is 0.687. The van der Waals surface area contributed by atoms with Crippen LogP contribution in [-0.4, -0.2) is 30.7 Å². The molecular formula is C16H18N2O4. The Balaban J connectivity index is 1.61. The molecule has 0 aliphatic carbocycles. The number of ether oxygens (including phenoxy) is 2. The minimum atomic E-state index is -0.296. The number of nitrogens with one attached hydrogen (secondary N) is 1. The lowest BCUT2D eigenvalue weighted by Gasteiger charge is -2.22. The molecule has 0 radical (unpaired) electrons. The molecule has 1 aliphatic rings. The number of rotatable bonds is 5. The van der Waals surface area contributed by atoms with Gasteiger partial charge in [-0.25, -0.2) is 0 Å². The van der Waals surface area contributed by atoms with Crippen LogP contribution in [0.1, 0.15) is 12.7 Å². The summed E-state index contributed by atoms with van der Waals surface area (Å²) in [6.45, 7) is 2.64. The average molecular weight is 302 g/mol. The second-order valence-corrected chi connectivity index (χ2v) is 5.23. The number of hydrogen-bond acceptors (Lipinski definition) is 5. The SMILES string of the molecule is C[C@@H](C(=O)Nc1ccc2c(c1)OCO2)N(C)Cc1ccco1. The number of carbonyl (C=O) groups excluding carboxylic acids is 1. The summed E-state index contributed by atoms with van der Waals surface area (Å²) in [6.07, 6.45) is 1.63. The van der Waals surface area contributed by atoms with Crippen LogP contribution in [0.3, 0.4) is 0 Å². The molecule has 6 heteroatoms. The van der Waals surface area contributed by atoms with E-state index in [0.29, 0.717) is 23.7 Å². The Morgan fingerprint density at radius 1 is 1.32 bits per heavy atom. The summed E-state index contributed by atoms with van der Waals surface area (Å²) in [4.78, 5) is 14.2. The first kappa shape index (κ1) is 14.5. The molecule has 0 saturated carbocycles. The van der Waals surface area contributed by atoms with Gasteiger partial charge in [0.15, 0.2) is 11.5 Å². The summed E-state index contributed by atoms with van der Waals surface area (Å²) in [7, 11) is 1.88. The predicted molar refractivity (Wildman–Crippen MR) is 80.8 cm³/mol. The van der Waals surface area contributed by atoms with Crippen LogP contribution in [0.2, 0.25) is 0 Å². The summed E-state index contributed by atoms with van der Waals surface area (Å²) < 4.78 is 15.9. The maximum Gasteiger partial charge on any atom is 0.241 e. The van der Waals surface area contributed by atoms with Crippen LogP contribution < -0.4 is 14.8 Å². The molecule has 3 rings (SSSR count). The minimum Gasteiger partial charge on any atom is -0.468 e. The van der Waals surface area contributed by atoms with Gasteiger partial charge in [0.05, 0.1) is 18.8 Å². The Morgan fingerprint density at radius 2 is 2.14 bits per heavy atom. The number of carbonyl (C=O) groups is 1. The number of furan rings is 1. The van der Waals surface area contributed by atoms with Crippen molar-refractivity contribution in [3.63, 3.8) is 0 Å². The fourth-order valence-electron chi connectivity index (χ4n) is 2.21. The highest BCUT2D eigenvalue weighted by Gasteiger charge is 2.20. The Bertz CT molecular complexity index is 654. The number of benzene rings is 1. The first-order valence-corrected chi connectivity index (χ1v) is 7.06. The lowest BCUT2D eigenvalue weighted by Crippen LogP contribution is -2.39. The van der Waals surface area contributed by atoms with Crippen molar-refractivity contribution in [2.45, 2.75) is 19.5 Å². The van der Waals surface area contributed by atoms with Gasteiger partial charge in [-0.05, 0) is 38.2 Å². The number of likely N-dealkylation sites (N-methyl/N-ethyl adjacent to an activating group) is 1. The lowest BCUT2D eigenvalue weighted by molar-refractivity contribution is -0.120. The van der Waals surface area contributed by atoms with Crippen molar-refractivity contribution in [2.24, 2.45) is 0 Å². The first-order valence-electron chi connectivity index (χ1n) is 7.06. The molecule has 1 aliphatic heterocycles. The second-order valence-electron chi connectivity index (χ2n) is 5.23. The van der Waals surface area contributed by atoms with E-state index in [2.05, 4.69) is 5.32 Å². The molecule has 0 unspecified atom stereocenters. The molecule has 1 atom stereocenters. The Hall–Kier alpha value is -2.47. The highest BCUT2D eigenvalue weighted by atomic mass is 16.7. The topological polar surface area (TPSA) is 63.9 Å². The van der Waals surface area contributed by atoms with Crippen molar-refractivity contribution in [3.05, 3.63) is 42.4 Å². The van der Waals surface area contributed by atoms with E-state index in [0.717, 1.165) is 5.76 Å². The van der Waals surface area contributed by atoms with Crippen molar-refractivity contribution < 1.29 is 18.7 Å². The summed E-state index contributed by atoms with van der Waals surface area (Å²) >= 11 is 0. The highest BCUT2D eigenvalue weighted by Crippen LogP contribution is 2.34. The number of anilines is 1. The maximum atomic E-state index is 12.3. The molecule has 6 nitrogen and oxygen atoms in total. The van der Waals surface area contributed by atoms with Gasteiger partial charge in [0.25, 0.3) is 0 Å². The number of hydrogen-bond donors (Lipinski definition) is 1. The number of amides is 1. The van der Waals surface area contributed by atoms with Crippen molar-refractivity contribution in [2.75, 3.05) is 19.2 Å². The third kappa shape index (κ3) is 3.07. The van der Waals surface area contributed by atoms with E-state index in [1.54, 1.807) is 24.5 Å². The molecule has 0 spiro atoms. The molecule has 1 N–H and O–H groups in total. The zero-order valence-corrected chi connectivity index (χ0v) is 12.5. The van der Waals surface area contributed by atoms with Gasteiger partial charge in [-0.1, -0.05) is 0 Å². The smallest absolute Gasteiger partial charge is 0.241 e. The van der Waals surface area contributed by atoms with E-state index in [1.165, 1.54) is 0 Å². The monoisotopic (exact) mass is 302 g/mol. The van der Waals surface area contributed by atoms with Gasteiger partial charge in [0, 0.05) is 11.8 Å². The van der Waals surface area contributed by atoms with E-state index in [4.69, 9.17) is 13.9 Å². The predicted octanol–water partition coefficient (Wildman–Crippen LogP) is 2.47. The van der Waals surface area contributed by atoms with E-state index in [-0.39, 0.29) is 18.7 Å². The molecule has 1 amide bonds. The van der Waals surface area contributed by atoms with E-state index < -0.39 is 0 Å². The molecule has 1 aromatic heterocycles. The third-order valence-electron chi connectivity index (χ3n) is 3.67. The first-order chi connectivity index (χ1) is 10.6. The molecule has 1 aromatic carbocycles. The van der Waals surface area contributed by atoms with E-state index >= 15 is 0 Å². The van der Waals surface area contributed by atoms with E-state index in [1.807, 2.05) is 31.0 Å². The molecule has 0 saturated heterocycles. The maximum absolute atomic E-state index is 12.3. The van der Waals surface area contributed by atoms with Crippen LogP contribution in [0.4, 0.5) is 5.69 Å². The summed E-state index contributed by atoms with van der Waals surface area (Å²) in [5, 5.41) is 2.89. The zero-order chi connectivity index (χ0) is 15.5. The third-order valence-corrected chi connectivity index (χ3v) is 3.67. The van der Waals surface area contributed by atoms with Crippen LogP contribution in [0.5, 0.6) is 11.5 Å². The summed E-state index contributed by atoms with van der Waals surface area (Å²) in [6, 6.07) is 8.77. The van der Waals surface area contributed by atoms with Gasteiger partial charge < -0.3 is 19.2 Å². The van der Waals surface area contributed by atoms with Crippen LogP contribution >= 0.6 is 0 Å². The molecule has 0 fully saturated rings. The molecule has 2 aromatic rings. The summed E-state index contributed by atoms with van der Waals surface area (Å²) in [5.74, 6) is 2.08. The van der Waals surface area contributed by atoms with Gasteiger partial charge in [0.1, 0.15) is 5.76 Å². The number of fused-ring (bicyclic) bond motifs is 1. The Labute approximate surface area is 128 Å². The van der Waals surface area contributed by atoms with Crippen molar-refractivity contribution in [1.82, 2.24) is 4.90 Å². The van der Waals surface area contributed by atoms with E-state index in [9.17, 15) is 4.79 Å². The Morgan fingerprint density at radius 3 is 2.91 bits per heavy atom. The van der Waals surface area contributed by atoms with Crippen molar-refractivity contribution >= 4 is 11.6 Å². The standard InChI is InChI=1S/C16H18N2O4/c1-11(18(2)9-13-4-3-7-20-13)16(19)17-12-5-6-14-15(8-12)22-10-21-14/h3-8,11H,9-10H2,1-2H3,(H,17,19)/t11-/m0/s1. The average Bonchev–Trinajstić information content (AvgIpc) is 3.16. The van der Waals surface area contributed by atoms with Crippen LogP contribution in [0, 0.1) is 0 Å². The molecule has 22 heavy (non-hydrogen) atoms. The normalized spacial score (nSPS) is 14.1. The lowest BCUT2D eigenvalue weighted by atomic mass is 10.2. The van der Waals surface area contributed by atoms with Crippen LogP contribution in [0.15, 0.2) is 41.0 Å². The fraction of sp³-hybridized carbons (Fsp3) is 0.312. The van der Waals surface area contributed by atoms with Crippen molar-refractivity contribution in [3.8, 4) is 11.5 Å². The Kier molecular flexibility index (Phi) is 4.02. The zero-order valence-electron chi connectivity index (χ0n) is 12.5. The van der Waals surface area contributed by atoms with Gasteiger partial charge in [-0.15, -0.1) is 0 Å². The second kappa shape index (κ2) is 6.11. The highest BCUT2D eigenvalue weighted by molar-refractivity contribution is 5.94. The molecular weight excluding hydrogens is 284 g/mol. The molecule has 0 bridgehead atoms. The number of nitrogens with zero attached hydrogens (tertiary/aromatic N) is 1. The largest absolute Gasteiger partial charge is 0.468 e.